The Morgan fingerprint density at radius 3 is 2.42 bits per heavy atom. The number of nitrogens with one attached hydrogen (secondary N) is 1. The van der Waals surface area contributed by atoms with Crippen molar-refractivity contribution in [1.82, 2.24) is 9.03 Å². The molecule has 0 atom stereocenters. The molecule has 0 saturated heterocycles. The molecule has 1 saturated carbocycles. The molecule has 8 heteroatoms. The SMILES string of the molecule is CC(C)OC(=O)NS(=O)(=O)N(C)CC1(O)CCCC1. The second-order valence-corrected chi connectivity index (χ2v) is 7.03. The Bertz CT molecular complexity index is 415. The number of hydrogen-bond acceptors (Lipinski definition) is 5. The molecule has 1 amide bonds. The fourth-order valence-electron chi connectivity index (χ4n) is 2.11. The lowest BCUT2D eigenvalue weighted by Gasteiger charge is -2.27. The van der Waals surface area contributed by atoms with E-state index in [9.17, 15) is 18.3 Å². The van der Waals surface area contributed by atoms with E-state index in [-0.39, 0.29) is 6.54 Å². The third-order valence-corrected chi connectivity index (χ3v) is 4.39. The minimum atomic E-state index is -3.98. The molecule has 0 spiro atoms. The van der Waals surface area contributed by atoms with Crippen LogP contribution in [0.5, 0.6) is 0 Å². The third kappa shape index (κ3) is 4.96. The van der Waals surface area contributed by atoms with Gasteiger partial charge in [0, 0.05) is 13.6 Å². The Labute approximate surface area is 114 Å². The molecule has 0 bridgehead atoms. The number of rotatable bonds is 5. The Kier molecular flexibility index (Phi) is 5.17. The van der Waals surface area contributed by atoms with Crippen LogP contribution < -0.4 is 4.72 Å². The van der Waals surface area contributed by atoms with Gasteiger partial charge in [-0.25, -0.2) is 9.52 Å². The predicted molar refractivity (Wildman–Crippen MR) is 69.7 cm³/mol. The number of aliphatic hydroxyl groups is 1. The highest BCUT2D eigenvalue weighted by Crippen LogP contribution is 2.30. The van der Waals surface area contributed by atoms with Crippen molar-refractivity contribution in [3.63, 3.8) is 0 Å². The van der Waals surface area contributed by atoms with Gasteiger partial charge in [0.05, 0.1) is 11.7 Å². The smallest absolute Gasteiger partial charge is 0.422 e. The standard InChI is InChI=1S/C11H22N2O5S/c1-9(2)18-10(14)12-19(16,17)13(3)8-11(15)6-4-5-7-11/h9,15H,4-8H2,1-3H3,(H,12,14). The van der Waals surface area contributed by atoms with E-state index in [0.29, 0.717) is 12.8 Å². The number of hydrogen-bond donors (Lipinski definition) is 2. The second-order valence-electron chi connectivity index (χ2n) is 5.25. The maximum Gasteiger partial charge on any atom is 0.422 e. The molecule has 1 fully saturated rings. The van der Waals surface area contributed by atoms with Crippen molar-refractivity contribution in [1.29, 1.82) is 0 Å². The highest BCUT2D eigenvalue weighted by molar-refractivity contribution is 7.87. The summed E-state index contributed by atoms with van der Waals surface area (Å²) in [5, 5.41) is 10.2. The van der Waals surface area contributed by atoms with E-state index in [1.807, 2.05) is 0 Å². The van der Waals surface area contributed by atoms with E-state index in [2.05, 4.69) is 0 Å². The van der Waals surface area contributed by atoms with Gasteiger partial charge >= 0.3 is 16.3 Å². The van der Waals surface area contributed by atoms with Crippen LogP contribution in [0.1, 0.15) is 39.5 Å². The highest BCUT2D eigenvalue weighted by atomic mass is 32.2. The molecule has 2 N–H and O–H groups in total. The van der Waals surface area contributed by atoms with Crippen LogP contribution in [0.2, 0.25) is 0 Å². The van der Waals surface area contributed by atoms with Gasteiger partial charge in [0.1, 0.15) is 0 Å². The minimum Gasteiger partial charge on any atom is -0.446 e. The second kappa shape index (κ2) is 6.06. The maximum atomic E-state index is 11.9. The predicted octanol–water partition coefficient (Wildman–Crippen LogP) is 0.603. The van der Waals surface area contributed by atoms with Crippen LogP contribution in [-0.4, -0.2) is 49.2 Å². The number of likely N-dealkylation sites (N-methyl/N-ethyl adjacent to an activating group) is 1. The molecular weight excluding hydrogens is 272 g/mol. The first-order valence-electron chi connectivity index (χ1n) is 6.32. The summed E-state index contributed by atoms with van der Waals surface area (Å²) >= 11 is 0. The molecular formula is C11H22N2O5S. The van der Waals surface area contributed by atoms with Gasteiger partial charge in [-0.05, 0) is 26.7 Å². The van der Waals surface area contributed by atoms with Crippen LogP contribution in [0.25, 0.3) is 0 Å². The molecule has 0 aromatic rings. The first-order valence-corrected chi connectivity index (χ1v) is 7.76. The summed E-state index contributed by atoms with van der Waals surface area (Å²) in [6, 6.07) is 0. The molecule has 0 radical (unpaired) electrons. The van der Waals surface area contributed by atoms with Crippen molar-refractivity contribution < 1.29 is 23.1 Å². The fourth-order valence-corrected chi connectivity index (χ4v) is 2.94. The number of nitrogens with zero attached hydrogens (tertiary/aromatic N) is 1. The fraction of sp³-hybridized carbons (Fsp3) is 0.909. The zero-order valence-electron chi connectivity index (χ0n) is 11.5. The quantitative estimate of drug-likeness (QED) is 0.774. The summed E-state index contributed by atoms with van der Waals surface area (Å²) in [6.07, 6.45) is 1.49. The van der Waals surface area contributed by atoms with Gasteiger partial charge < -0.3 is 9.84 Å². The first kappa shape index (κ1) is 16.2. The van der Waals surface area contributed by atoms with E-state index in [1.54, 1.807) is 18.6 Å². The number of carbonyl (C=O) groups excluding carboxylic acids is 1. The van der Waals surface area contributed by atoms with Gasteiger partial charge in [-0.15, -0.1) is 0 Å². The molecule has 0 aromatic carbocycles. The molecule has 1 aliphatic carbocycles. The highest BCUT2D eigenvalue weighted by Gasteiger charge is 2.35. The molecule has 0 aliphatic heterocycles. The summed E-state index contributed by atoms with van der Waals surface area (Å²) in [5.74, 6) is 0. The Hall–Kier alpha value is -0.860. The molecule has 0 unspecified atom stereocenters. The van der Waals surface area contributed by atoms with Crippen molar-refractivity contribution in [3.05, 3.63) is 0 Å². The first-order chi connectivity index (χ1) is 8.65. The largest absolute Gasteiger partial charge is 0.446 e. The maximum absolute atomic E-state index is 11.9. The van der Waals surface area contributed by atoms with Crippen molar-refractivity contribution in [3.8, 4) is 0 Å². The normalized spacial score (nSPS) is 18.8. The third-order valence-electron chi connectivity index (χ3n) is 3.02. The van der Waals surface area contributed by atoms with Gasteiger partial charge in [0.25, 0.3) is 0 Å². The summed E-state index contributed by atoms with van der Waals surface area (Å²) in [4.78, 5) is 11.3. The Balaban J connectivity index is 2.58. The zero-order valence-corrected chi connectivity index (χ0v) is 12.4. The van der Waals surface area contributed by atoms with E-state index < -0.39 is 28.0 Å². The van der Waals surface area contributed by atoms with Crippen LogP contribution in [0, 0.1) is 0 Å². The lowest BCUT2D eigenvalue weighted by Crippen LogP contribution is -2.48. The Morgan fingerprint density at radius 1 is 1.42 bits per heavy atom. The lowest BCUT2D eigenvalue weighted by atomic mass is 10.0. The van der Waals surface area contributed by atoms with Gasteiger partial charge in [-0.2, -0.15) is 12.7 Å². The molecule has 112 valence electrons. The van der Waals surface area contributed by atoms with Gasteiger partial charge in [-0.3, -0.25) is 0 Å². The van der Waals surface area contributed by atoms with E-state index in [4.69, 9.17) is 4.74 Å². The van der Waals surface area contributed by atoms with Crippen LogP contribution in [0.4, 0.5) is 4.79 Å². The van der Waals surface area contributed by atoms with Gasteiger partial charge in [0.2, 0.25) is 0 Å². The molecule has 1 aliphatic rings. The molecule has 19 heavy (non-hydrogen) atoms. The Morgan fingerprint density at radius 2 is 1.95 bits per heavy atom. The number of carbonyl (C=O) groups is 1. The van der Waals surface area contributed by atoms with E-state index in [1.165, 1.54) is 7.05 Å². The molecule has 7 nitrogen and oxygen atoms in total. The summed E-state index contributed by atoms with van der Waals surface area (Å²) < 4.78 is 31.2. The van der Waals surface area contributed by atoms with Crippen molar-refractivity contribution in [2.24, 2.45) is 0 Å². The summed E-state index contributed by atoms with van der Waals surface area (Å²) in [7, 11) is -2.66. The van der Waals surface area contributed by atoms with Crippen LogP contribution >= 0.6 is 0 Å². The van der Waals surface area contributed by atoms with Gasteiger partial charge in [-0.1, -0.05) is 12.8 Å². The zero-order chi connectivity index (χ0) is 14.7. The van der Waals surface area contributed by atoms with Gasteiger partial charge in [0.15, 0.2) is 0 Å². The molecule has 0 aromatic heterocycles. The molecule has 1 rings (SSSR count). The van der Waals surface area contributed by atoms with Crippen LogP contribution in [0.3, 0.4) is 0 Å². The topological polar surface area (TPSA) is 95.9 Å². The van der Waals surface area contributed by atoms with E-state index in [0.717, 1.165) is 17.1 Å². The number of amides is 1. The number of ether oxygens (including phenoxy) is 1. The lowest BCUT2D eigenvalue weighted by molar-refractivity contribution is 0.0329. The summed E-state index contributed by atoms with van der Waals surface area (Å²) in [6.45, 7) is 3.21. The monoisotopic (exact) mass is 294 g/mol. The average molecular weight is 294 g/mol. The van der Waals surface area contributed by atoms with Crippen LogP contribution in [-0.2, 0) is 14.9 Å². The van der Waals surface area contributed by atoms with Crippen LogP contribution in [0.15, 0.2) is 0 Å². The van der Waals surface area contributed by atoms with Crippen molar-refractivity contribution in [2.45, 2.75) is 51.2 Å². The molecule has 0 heterocycles. The average Bonchev–Trinajstić information content (AvgIpc) is 2.62. The van der Waals surface area contributed by atoms with Crippen molar-refractivity contribution in [2.75, 3.05) is 13.6 Å². The van der Waals surface area contributed by atoms with E-state index >= 15 is 0 Å². The van der Waals surface area contributed by atoms with Crippen molar-refractivity contribution >= 4 is 16.3 Å². The minimum absolute atomic E-state index is 0.0305. The summed E-state index contributed by atoms with van der Waals surface area (Å²) in [5.41, 5.74) is -0.995.